The number of aryl methyl sites for hydroxylation is 1. The van der Waals surface area contributed by atoms with Crippen molar-refractivity contribution >= 4 is 33.1 Å². The lowest BCUT2D eigenvalue weighted by atomic mass is 9.80. The van der Waals surface area contributed by atoms with Gasteiger partial charge in [0.1, 0.15) is 5.71 Å². The summed E-state index contributed by atoms with van der Waals surface area (Å²) in [5.74, 6) is 0.318. The Morgan fingerprint density at radius 3 is 2.81 bits per heavy atom. The molecule has 1 aliphatic rings. The quantitative estimate of drug-likeness (QED) is 0.590. The Morgan fingerprint density at radius 2 is 2.11 bits per heavy atom. The normalized spacial score (nSPS) is 18.1. The topological polar surface area (TPSA) is 91.4 Å². The SMILES string of the molecule is CC1CCc2c(c(/C(=C/N)C(=N)C(F)(F)F)nc3ccc4[nH]ncc4c23)C1. The Kier molecular flexibility index (Phi) is 3.94. The van der Waals surface area contributed by atoms with E-state index < -0.39 is 11.9 Å². The molecule has 0 saturated carbocycles. The van der Waals surface area contributed by atoms with Crippen LogP contribution < -0.4 is 5.73 Å². The zero-order valence-electron chi connectivity index (χ0n) is 14.6. The number of nitrogens with one attached hydrogen (secondary N) is 2. The Hall–Kier alpha value is -2.90. The van der Waals surface area contributed by atoms with Crippen LogP contribution in [0.25, 0.3) is 27.4 Å². The number of fused-ring (bicyclic) bond motifs is 5. The number of nitrogens with two attached hydrogens (primary N) is 1. The Bertz CT molecular complexity index is 1090. The number of allylic oxidation sites excluding steroid dienone is 1. The molecule has 1 unspecified atom stereocenters. The molecule has 140 valence electrons. The van der Waals surface area contributed by atoms with Gasteiger partial charge in [0.25, 0.3) is 0 Å². The van der Waals surface area contributed by atoms with E-state index in [2.05, 4.69) is 22.1 Å². The van der Waals surface area contributed by atoms with E-state index in [1.807, 2.05) is 0 Å². The van der Waals surface area contributed by atoms with Crippen LogP contribution in [-0.2, 0) is 12.8 Å². The lowest BCUT2D eigenvalue weighted by Crippen LogP contribution is -2.26. The maximum absolute atomic E-state index is 13.2. The van der Waals surface area contributed by atoms with E-state index in [1.54, 1.807) is 18.3 Å². The molecule has 0 saturated heterocycles. The molecule has 0 radical (unpaired) electrons. The number of hydrogen-bond acceptors (Lipinski definition) is 4. The molecule has 1 atom stereocenters. The number of benzene rings is 1. The maximum Gasteiger partial charge on any atom is 0.433 e. The minimum absolute atomic E-state index is 0.164. The highest BCUT2D eigenvalue weighted by Gasteiger charge is 2.39. The van der Waals surface area contributed by atoms with Gasteiger partial charge in [-0.15, -0.1) is 0 Å². The van der Waals surface area contributed by atoms with Crippen molar-refractivity contribution in [2.45, 2.75) is 32.4 Å². The summed E-state index contributed by atoms with van der Waals surface area (Å²) in [5.41, 5.74) is 7.02. The highest BCUT2D eigenvalue weighted by atomic mass is 19.4. The molecule has 0 amide bonds. The summed E-state index contributed by atoms with van der Waals surface area (Å²) in [6.45, 7) is 2.07. The van der Waals surface area contributed by atoms with Gasteiger partial charge in [0.2, 0.25) is 0 Å². The van der Waals surface area contributed by atoms with Crippen LogP contribution in [-0.4, -0.2) is 27.1 Å². The lowest BCUT2D eigenvalue weighted by Gasteiger charge is -2.26. The molecule has 2 heterocycles. The Labute approximate surface area is 153 Å². The zero-order chi connectivity index (χ0) is 19.3. The van der Waals surface area contributed by atoms with Crippen molar-refractivity contribution in [2.24, 2.45) is 11.7 Å². The summed E-state index contributed by atoms with van der Waals surface area (Å²) in [7, 11) is 0. The molecular weight excluding hydrogens is 355 g/mol. The first-order valence-corrected chi connectivity index (χ1v) is 8.67. The minimum atomic E-state index is -4.79. The second kappa shape index (κ2) is 6.07. The third-order valence-corrected chi connectivity index (χ3v) is 5.20. The summed E-state index contributed by atoms with van der Waals surface area (Å²) in [6.07, 6.45) is 0.0603. The van der Waals surface area contributed by atoms with Gasteiger partial charge in [-0.05, 0) is 48.4 Å². The van der Waals surface area contributed by atoms with E-state index in [0.29, 0.717) is 17.9 Å². The molecule has 4 rings (SSSR count). The van der Waals surface area contributed by atoms with E-state index >= 15 is 0 Å². The largest absolute Gasteiger partial charge is 0.433 e. The van der Waals surface area contributed by atoms with Crippen LogP contribution in [0.3, 0.4) is 0 Å². The van der Waals surface area contributed by atoms with Crippen molar-refractivity contribution in [2.75, 3.05) is 0 Å². The van der Waals surface area contributed by atoms with E-state index in [0.717, 1.165) is 46.5 Å². The monoisotopic (exact) mass is 373 g/mol. The van der Waals surface area contributed by atoms with E-state index in [-0.39, 0.29) is 11.3 Å². The number of rotatable bonds is 2. The van der Waals surface area contributed by atoms with Crippen LogP contribution in [0.2, 0.25) is 0 Å². The molecular formula is C19H18F3N5. The Morgan fingerprint density at radius 1 is 1.33 bits per heavy atom. The molecule has 3 aromatic rings. The average Bonchev–Trinajstić information content (AvgIpc) is 3.10. The third-order valence-electron chi connectivity index (χ3n) is 5.20. The predicted molar refractivity (Wildman–Crippen MR) is 98.5 cm³/mol. The summed E-state index contributed by atoms with van der Waals surface area (Å²) >= 11 is 0. The first kappa shape index (κ1) is 17.5. The molecule has 0 aliphatic heterocycles. The van der Waals surface area contributed by atoms with Crippen molar-refractivity contribution in [1.82, 2.24) is 15.2 Å². The summed E-state index contributed by atoms with van der Waals surface area (Å²) in [5, 5.41) is 16.4. The van der Waals surface area contributed by atoms with Gasteiger partial charge in [0.05, 0.1) is 22.9 Å². The van der Waals surface area contributed by atoms with Crippen LogP contribution in [0.1, 0.15) is 30.2 Å². The average molecular weight is 373 g/mol. The van der Waals surface area contributed by atoms with Crippen molar-refractivity contribution in [1.29, 1.82) is 5.41 Å². The van der Waals surface area contributed by atoms with Crippen LogP contribution in [0, 0.1) is 11.3 Å². The van der Waals surface area contributed by atoms with Gasteiger partial charge >= 0.3 is 6.18 Å². The molecule has 1 aliphatic carbocycles. The number of alkyl halides is 3. The Balaban J connectivity index is 2.06. The van der Waals surface area contributed by atoms with Gasteiger partial charge in [-0.1, -0.05) is 6.92 Å². The lowest BCUT2D eigenvalue weighted by molar-refractivity contribution is -0.0578. The first-order valence-electron chi connectivity index (χ1n) is 8.67. The first-order chi connectivity index (χ1) is 12.8. The molecule has 8 heteroatoms. The molecule has 1 aromatic carbocycles. The van der Waals surface area contributed by atoms with Crippen LogP contribution in [0.5, 0.6) is 0 Å². The van der Waals surface area contributed by atoms with Gasteiger partial charge in [0.15, 0.2) is 0 Å². The molecule has 27 heavy (non-hydrogen) atoms. The van der Waals surface area contributed by atoms with E-state index in [1.165, 1.54) is 0 Å². The number of halogens is 3. The van der Waals surface area contributed by atoms with E-state index in [4.69, 9.17) is 11.1 Å². The fourth-order valence-corrected chi connectivity index (χ4v) is 3.89. The highest BCUT2D eigenvalue weighted by molar-refractivity contribution is 6.25. The van der Waals surface area contributed by atoms with Gasteiger partial charge in [-0.2, -0.15) is 18.3 Å². The molecule has 0 spiro atoms. The van der Waals surface area contributed by atoms with Gasteiger partial charge < -0.3 is 5.73 Å². The number of hydrogen-bond donors (Lipinski definition) is 3. The molecule has 4 N–H and O–H groups in total. The standard InChI is InChI=1S/C19H18F3N5/c1-9-2-3-10-11(6-9)17(12(7-23)18(24)19(20,21)22)26-15-5-4-14-13(16(10)15)8-25-27-14/h4-5,7-9,24H,2-3,6,23H2,1H3,(H,25,27)/b12-7-,24-18?. The fourth-order valence-electron chi connectivity index (χ4n) is 3.89. The number of nitrogens with zero attached hydrogens (tertiary/aromatic N) is 2. The van der Waals surface area contributed by atoms with Crippen LogP contribution in [0.4, 0.5) is 13.2 Å². The van der Waals surface area contributed by atoms with Crippen LogP contribution >= 0.6 is 0 Å². The second-order valence-electron chi connectivity index (χ2n) is 7.01. The van der Waals surface area contributed by atoms with Gasteiger partial charge in [0, 0.05) is 22.5 Å². The maximum atomic E-state index is 13.2. The van der Waals surface area contributed by atoms with Crippen molar-refractivity contribution < 1.29 is 13.2 Å². The molecule has 0 bridgehead atoms. The number of H-pyrrole nitrogens is 1. The number of aromatic nitrogens is 3. The van der Waals surface area contributed by atoms with Crippen LogP contribution in [0.15, 0.2) is 24.5 Å². The third kappa shape index (κ3) is 2.75. The fraction of sp³-hybridized carbons (Fsp3) is 0.316. The summed E-state index contributed by atoms with van der Waals surface area (Å²) in [6, 6.07) is 3.57. The number of pyridine rings is 1. The van der Waals surface area contributed by atoms with E-state index in [9.17, 15) is 13.2 Å². The minimum Gasteiger partial charge on any atom is -0.404 e. The smallest absolute Gasteiger partial charge is 0.404 e. The zero-order valence-corrected chi connectivity index (χ0v) is 14.6. The van der Waals surface area contributed by atoms with Gasteiger partial charge in [-0.25, -0.2) is 4.98 Å². The van der Waals surface area contributed by atoms with Crippen molar-refractivity contribution in [3.63, 3.8) is 0 Å². The molecule has 0 fully saturated rings. The van der Waals surface area contributed by atoms with Gasteiger partial charge in [-0.3, -0.25) is 10.5 Å². The molecule has 2 aromatic heterocycles. The molecule has 5 nitrogen and oxygen atoms in total. The summed E-state index contributed by atoms with van der Waals surface area (Å²) in [4.78, 5) is 4.53. The second-order valence-corrected chi connectivity index (χ2v) is 7.01. The number of aromatic amines is 1. The summed E-state index contributed by atoms with van der Waals surface area (Å²) < 4.78 is 39.6. The highest BCUT2D eigenvalue weighted by Crippen LogP contribution is 2.39. The predicted octanol–water partition coefficient (Wildman–Crippen LogP) is 4.12. The van der Waals surface area contributed by atoms with Crippen molar-refractivity contribution in [3.05, 3.63) is 41.4 Å². The van der Waals surface area contributed by atoms with Crippen molar-refractivity contribution in [3.8, 4) is 0 Å².